The fourth-order valence-corrected chi connectivity index (χ4v) is 3.77. The summed E-state index contributed by atoms with van der Waals surface area (Å²) in [5, 5.41) is 8.34. The zero-order valence-electron chi connectivity index (χ0n) is 17.2. The molecule has 7 heteroatoms. The highest BCUT2D eigenvalue weighted by Crippen LogP contribution is 2.26. The summed E-state index contributed by atoms with van der Waals surface area (Å²) in [5.41, 5.74) is 4.16. The summed E-state index contributed by atoms with van der Waals surface area (Å²) in [7, 11) is 1.90. The van der Waals surface area contributed by atoms with Crippen LogP contribution >= 0.6 is 0 Å². The minimum Gasteiger partial charge on any atom is -0.379 e. The fourth-order valence-electron chi connectivity index (χ4n) is 3.77. The predicted molar refractivity (Wildman–Crippen MR) is 113 cm³/mol. The maximum absolute atomic E-state index is 13.2. The molecule has 0 radical (unpaired) electrons. The van der Waals surface area contributed by atoms with Gasteiger partial charge in [0, 0.05) is 49.4 Å². The molecule has 4 rings (SSSR count). The van der Waals surface area contributed by atoms with Crippen molar-refractivity contribution in [1.29, 1.82) is 0 Å². The Hall–Kier alpha value is -2.77. The first-order valence-electron chi connectivity index (χ1n) is 10.0. The summed E-state index contributed by atoms with van der Waals surface area (Å²) in [6.07, 6.45) is 1.80. The zero-order chi connectivity index (χ0) is 20.4. The van der Waals surface area contributed by atoms with Crippen LogP contribution in [0.5, 0.6) is 0 Å². The summed E-state index contributed by atoms with van der Waals surface area (Å²) < 4.78 is 7.22. The standard InChI is InChI=1S/C22H27N5O2/c1-15(14-27-8-10-29-11-9-27)24-22(28)18-12-21(19-13-23-26(3)16(19)2)25-20-7-5-4-6-17(18)20/h4-7,12-13,15H,8-11,14H2,1-3H3,(H,24,28)/t15-/m0/s1. The Labute approximate surface area is 170 Å². The molecule has 1 aliphatic rings. The van der Waals surface area contributed by atoms with Crippen molar-refractivity contribution >= 4 is 16.8 Å². The molecule has 0 spiro atoms. The average Bonchev–Trinajstić information content (AvgIpc) is 3.06. The van der Waals surface area contributed by atoms with E-state index in [9.17, 15) is 4.79 Å². The van der Waals surface area contributed by atoms with Crippen LogP contribution in [0.3, 0.4) is 0 Å². The summed E-state index contributed by atoms with van der Waals surface area (Å²) in [6, 6.07) is 9.69. The maximum atomic E-state index is 13.2. The Morgan fingerprint density at radius 3 is 2.76 bits per heavy atom. The van der Waals surface area contributed by atoms with Crippen LogP contribution in [-0.4, -0.2) is 64.5 Å². The van der Waals surface area contributed by atoms with Crippen molar-refractivity contribution in [2.45, 2.75) is 19.9 Å². The van der Waals surface area contributed by atoms with Crippen LogP contribution in [-0.2, 0) is 11.8 Å². The van der Waals surface area contributed by atoms with Crippen molar-refractivity contribution < 1.29 is 9.53 Å². The number of aromatic nitrogens is 3. The molecule has 3 heterocycles. The van der Waals surface area contributed by atoms with Gasteiger partial charge in [0.25, 0.3) is 5.91 Å². The topological polar surface area (TPSA) is 72.3 Å². The first-order valence-corrected chi connectivity index (χ1v) is 10.0. The van der Waals surface area contributed by atoms with E-state index in [1.54, 1.807) is 6.20 Å². The Morgan fingerprint density at radius 1 is 1.28 bits per heavy atom. The van der Waals surface area contributed by atoms with Crippen LogP contribution in [0.15, 0.2) is 36.5 Å². The molecule has 7 nitrogen and oxygen atoms in total. The van der Waals surface area contributed by atoms with Crippen LogP contribution in [0.2, 0.25) is 0 Å². The van der Waals surface area contributed by atoms with Gasteiger partial charge in [-0.15, -0.1) is 0 Å². The number of aryl methyl sites for hydroxylation is 1. The van der Waals surface area contributed by atoms with Crippen LogP contribution in [0.4, 0.5) is 0 Å². The summed E-state index contributed by atoms with van der Waals surface area (Å²) in [4.78, 5) is 20.3. The van der Waals surface area contributed by atoms with E-state index in [0.29, 0.717) is 5.56 Å². The maximum Gasteiger partial charge on any atom is 0.252 e. The molecule has 0 unspecified atom stereocenters. The molecule has 1 amide bonds. The second-order valence-corrected chi connectivity index (χ2v) is 7.63. The van der Waals surface area contributed by atoms with Crippen LogP contribution < -0.4 is 5.32 Å². The number of para-hydroxylation sites is 1. The third kappa shape index (κ3) is 4.16. The molecule has 152 valence electrons. The number of nitrogens with zero attached hydrogens (tertiary/aromatic N) is 4. The van der Waals surface area contributed by atoms with Crippen molar-refractivity contribution in [3.8, 4) is 11.3 Å². The number of benzene rings is 1. The monoisotopic (exact) mass is 393 g/mol. The number of morpholine rings is 1. The normalized spacial score (nSPS) is 16.1. The summed E-state index contributed by atoms with van der Waals surface area (Å²) in [5.74, 6) is -0.0767. The number of hydrogen-bond acceptors (Lipinski definition) is 5. The lowest BCUT2D eigenvalue weighted by molar-refractivity contribution is 0.0342. The van der Waals surface area contributed by atoms with Gasteiger partial charge in [0.05, 0.1) is 36.2 Å². The van der Waals surface area contributed by atoms with Gasteiger partial charge < -0.3 is 10.1 Å². The third-order valence-electron chi connectivity index (χ3n) is 5.49. The molecule has 1 fully saturated rings. The molecule has 3 aromatic rings. The van der Waals surface area contributed by atoms with E-state index in [2.05, 4.69) is 15.3 Å². The van der Waals surface area contributed by atoms with Crippen molar-refractivity contribution in [3.05, 3.63) is 47.8 Å². The second kappa shape index (κ2) is 8.31. The first kappa shape index (κ1) is 19.5. The minimum atomic E-state index is -0.0767. The van der Waals surface area contributed by atoms with Gasteiger partial charge in [0.15, 0.2) is 0 Å². The molecule has 2 aromatic heterocycles. The lowest BCUT2D eigenvalue weighted by atomic mass is 10.0. The number of carbonyl (C=O) groups excluding carboxylic acids is 1. The van der Waals surface area contributed by atoms with Gasteiger partial charge in [0.1, 0.15) is 0 Å². The Balaban J connectivity index is 1.63. The second-order valence-electron chi connectivity index (χ2n) is 7.63. The van der Waals surface area contributed by atoms with Gasteiger partial charge in [-0.05, 0) is 26.0 Å². The van der Waals surface area contributed by atoms with Gasteiger partial charge in [-0.2, -0.15) is 5.10 Å². The first-order chi connectivity index (χ1) is 14.0. The van der Waals surface area contributed by atoms with E-state index in [0.717, 1.165) is 60.7 Å². The van der Waals surface area contributed by atoms with Crippen molar-refractivity contribution in [2.75, 3.05) is 32.8 Å². The van der Waals surface area contributed by atoms with Crippen molar-refractivity contribution in [1.82, 2.24) is 25.0 Å². The van der Waals surface area contributed by atoms with Crippen LogP contribution in [0.1, 0.15) is 23.0 Å². The van der Waals surface area contributed by atoms with E-state index in [4.69, 9.17) is 9.72 Å². The molecule has 1 atom stereocenters. The highest BCUT2D eigenvalue weighted by Gasteiger charge is 2.19. The largest absolute Gasteiger partial charge is 0.379 e. The zero-order valence-corrected chi connectivity index (χ0v) is 17.2. The van der Waals surface area contributed by atoms with Crippen molar-refractivity contribution in [2.24, 2.45) is 7.05 Å². The summed E-state index contributed by atoms with van der Waals surface area (Å²) >= 11 is 0. The average molecular weight is 393 g/mol. The Bertz CT molecular complexity index is 1020. The molecule has 1 aromatic carbocycles. The molecular weight excluding hydrogens is 366 g/mol. The molecule has 29 heavy (non-hydrogen) atoms. The van der Waals surface area contributed by atoms with E-state index in [1.165, 1.54) is 0 Å². The lowest BCUT2D eigenvalue weighted by Crippen LogP contribution is -2.46. The number of ether oxygens (including phenoxy) is 1. The number of carbonyl (C=O) groups is 1. The Morgan fingerprint density at radius 2 is 2.03 bits per heavy atom. The molecular formula is C22H27N5O2. The van der Waals surface area contributed by atoms with Gasteiger partial charge in [-0.25, -0.2) is 4.98 Å². The van der Waals surface area contributed by atoms with E-state index in [-0.39, 0.29) is 11.9 Å². The number of nitrogens with one attached hydrogen (secondary N) is 1. The quantitative estimate of drug-likeness (QED) is 0.721. The van der Waals surface area contributed by atoms with Gasteiger partial charge >= 0.3 is 0 Å². The van der Waals surface area contributed by atoms with Gasteiger partial charge in [-0.3, -0.25) is 14.4 Å². The molecule has 0 bridgehead atoms. The Kier molecular flexibility index (Phi) is 5.60. The summed E-state index contributed by atoms with van der Waals surface area (Å²) in [6.45, 7) is 8.18. The fraction of sp³-hybridized carbons (Fsp3) is 0.409. The smallest absolute Gasteiger partial charge is 0.252 e. The van der Waals surface area contributed by atoms with E-state index >= 15 is 0 Å². The third-order valence-corrected chi connectivity index (χ3v) is 5.49. The molecule has 1 saturated heterocycles. The van der Waals surface area contributed by atoms with E-state index < -0.39 is 0 Å². The SMILES string of the molecule is Cc1c(-c2cc(C(=O)N[C@@H](C)CN3CCOCC3)c3ccccc3n2)cnn1C. The number of amides is 1. The number of rotatable bonds is 5. The molecule has 1 aliphatic heterocycles. The number of hydrogen-bond donors (Lipinski definition) is 1. The molecule has 0 aliphatic carbocycles. The van der Waals surface area contributed by atoms with Crippen LogP contribution in [0, 0.1) is 6.92 Å². The predicted octanol–water partition coefficient (Wildman–Crippen LogP) is 2.39. The van der Waals surface area contributed by atoms with E-state index in [1.807, 2.05) is 55.9 Å². The minimum absolute atomic E-state index is 0.0381. The number of pyridine rings is 1. The van der Waals surface area contributed by atoms with Crippen molar-refractivity contribution in [3.63, 3.8) is 0 Å². The highest BCUT2D eigenvalue weighted by molar-refractivity contribution is 6.07. The van der Waals surface area contributed by atoms with Gasteiger partial charge in [0.2, 0.25) is 0 Å². The van der Waals surface area contributed by atoms with Gasteiger partial charge in [-0.1, -0.05) is 18.2 Å². The molecule has 1 N–H and O–H groups in total. The lowest BCUT2D eigenvalue weighted by Gasteiger charge is -2.29. The number of fused-ring (bicyclic) bond motifs is 1. The molecule has 0 saturated carbocycles. The highest BCUT2D eigenvalue weighted by atomic mass is 16.5. The van der Waals surface area contributed by atoms with Crippen LogP contribution in [0.25, 0.3) is 22.2 Å².